The van der Waals surface area contributed by atoms with E-state index in [4.69, 9.17) is 11.6 Å². The molecule has 1 atom stereocenters. The summed E-state index contributed by atoms with van der Waals surface area (Å²) in [6.45, 7) is 0.789. The van der Waals surface area contributed by atoms with Crippen LogP contribution in [0.5, 0.6) is 0 Å². The van der Waals surface area contributed by atoms with Crippen LogP contribution in [0.4, 0.5) is 4.39 Å². The van der Waals surface area contributed by atoms with Crippen LogP contribution in [0.15, 0.2) is 24.3 Å². The first-order valence-electron chi connectivity index (χ1n) is 6.30. The molecule has 0 bridgehead atoms. The van der Waals surface area contributed by atoms with E-state index in [2.05, 4.69) is 0 Å². The summed E-state index contributed by atoms with van der Waals surface area (Å²) in [7, 11) is 0. The van der Waals surface area contributed by atoms with E-state index in [9.17, 15) is 9.18 Å². The number of carbonyl (C=O) groups excluding carboxylic acids is 1. The lowest BCUT2D eigenvalue weighted by atomic mass is 10.0. The second kappa shape index (κ2) is 6.19. The van der Waals surface area contributed by atoms with Gasteiger partial charge in [0.2, 0.25) is 5.91 Å². The fourth-order valence-electron chi connectivity index (χ4n) is 2.37. The van der Waals surface area contributed by atoms with Gasteiger partial charge in [-0.25, -0.2) is 4.39 Å². The molecule has 4 heteroatoms. The second-order valence-electron chi connectivity index (χ2n) is 4.69. The zero-order valence-electron chi connectivity index (χ0n) is 10.2. The van der Waals surface area contributed by atoms with E-state index in [1.807, 2.05) is 4.90 Å². The third kappa shape index (κ3) is 3.22. The van der Waals surface area contributed by atoms with Crippen molar-refractivity contribution in [3.05, 3.63) is 35.6 Å². The van der Waals surface area contributed by atoms with Gasteiger partial charge < -0.3 is 4.90 Å². The Kier molecular flexibility index (Phi) is 4.59. The third-order valence-electron chi connectivity index (χ3n) is 3.39. The van der Waals surface area contributed by atoms with Gasteiger partial charge in [-0.2, -0.15) is 0 Å². The smallest absolute Gasteiger partial charge is 0.227 e. The fourth-order valence-corrected chi connectivity index (χ4v) is 2.69. The topological polar surface area (TPSA) is 20.3 Å². The Labute approximate surface area is 112 Å². The van der Waals surface area contributed by atoms with Crippen LogP contribution in [0.3, 0.4) is 0 Å². The van der Waals surface area contributed by atoms with E-state index < -0.39 is 0 Å². The predicted molar refractivity (Wildman–Crippen MR) is 70.2 cm³/mol. The van der Waals surface area contributed by atoms with E-state index in [1.165, 1.54) is 12.1 Å². The summed E-state index contributed by atoms with van der Waals surface area (Å²) < 4.78 is 12.8. The average Bonchev–Trinajstić information content (AvgIpc) is 2.41. The van der Waals surface area contributed by atoms with Gasteiger partial charge in [-0.05, 0) is 37.0 Å². The number of hydrogen-bond donors (Lipinski definition) is 0. The quantitative estimate of drug-likeness (QED) is 0.773. The van der Waals surface area contributed by atoms with Crippen LogP contribution in [0.1, 0.15) is 24.8 Å². The van der Waals surface area contributed by atoms with E-state index in [0.29, 0.717) is 12.3 Å². The van der Waals surface area contributed by atoms with E-state index >= 15 is 0 Å². The molecule has 1 heterocycles. The van der Waals surface area contributed by atoms with Gasteiger partial charge >= 0.3 is 0 Å². The molecule has 18 heavy (non-hydrogen) atoms. The van der Waals surface area contributed by atoms with Crippen molar-refractivity contribution in [2.24, 2.45) is 0 Å². The third-order valence-corrected chi connectivity index (χ3v) is 3.75. The lowest BCUT2D eigenvalue weighted by molar-refractivity contribution is -0.133. The summed E-state index contributed by atoms with van der Waals surface area (Å²) in [5.41, 5.74) is 0.847. The molecule has 1 fully saturated rings. The van der Waals surface area contributed by atoms with Crippen molar-refractivity contribution in [2.45, 2.75) is 31.7 Å². The molecule has 1 amide bonds. The van der Waals surface area contributed by atoms with Crippen molar-refractivity contribution in [3.63, 3.8) is 0 Å². The summed E-state index contributed by atoms with van der Waals surface area (Å²) in [6.07, 6.45) is 3.49. The molecular formula is C14H17ClFNO. The van der Waals surface area contributed by atoms with Crippen LogP contribution in [0.25, 0.3) is 0 Å². The molecule has 2 nitrogen and oxygen atoms in total. The number of likely N-dealkylation sites (tertiary alicyclic amines) is 1. The van der Waals surface area contributed by atoms with Gasteiger partial charge in [0.15, 0.2) is 0 Å². The first-order valence-corrected chi connectivity index (χ1v) is 6.84. The average molecular weight is 270 g/mol. The SMILES string of the molecule is O=C(Cc1ccc(F)cc1)N1CCCCC1CCl. The standard InChI is InChI=1S/C14H17ClFNO/c15-10-13-3-1-2-8-17(13)14(18)9-11-4-6-12(16)7-5-11/h4-7,13H,1-3,8-10H2. The normalized spacial score (nSPS) is 19.9. The highest BCUT2D eigenvalue weighted by atomic mass is 35.5. The van der Waals surface area contributed by atoms with Gasteiger partial charge in [0.25, 0.3) is 0 Å². The molecule has 0 aliphatic carbocycles. The molecule has 0 spiro atoms. The number of carbonyl (C=O) groups is 1. The van der Waals surface area contributed by atoms with Gasteiger partial charge in [0.05, 0.1) is 6.42 Å². The molecule has 98 valence electrons. The Morgan fingerprint density at radius 3 is 2.72 bits per heavy atom. The summed E-state index contributed by atoms with van der Waals surface area (Å²) >= 11 is 5.90. The maximum absolute atomic E-state index is 12.8. The number of hydrogen-bond acceptors (Lipinski definition) is 1. The van der Waals surface area contributed by atoms with E-state index in [1.54, 1.807) is 12.1 Å². The molecule has 1 unspecified atom stereocenters. The van der Waals surface area contributed by atoms with Crippen molar-refractivity contribution < 1.29 is 9.18 Å². The number of halogens is 2. The van der Waals surface area contributed by atoms with E-state index in [0.717, 1.165) is 31.4 Å². The molecule has 1 aromatic carbocycles. The number of alkyl halides is 1. The zero-order valence-corrected chi connectivity index (χ0v) is 11.0. The van der Waals surface area contributed by atoms with Gasteiger partial charge in [-0.3, -0.25) is 4.79 Å². The predicted octanol–water partition coefficient (Wildman–Crippen LogP) is 2.99. The van der Waals surface area contributed by atoms with Crippen LogP contribution >= 0.6 is 11.6 Å². The van der Waals surface area contributed by atoms with Crippen molar-refractivity contribution in [1.82, 2.24) is 4.90 Å². The summed E-state index contributed by atoms with van der Waals surface area (Å²) in [5.74, 6) is 0.310. The monoisotopic (exact) mass is 269 g/mol. The Morgan fingerprint density at radius 2 is 2.06 bits per heavy atom. The number of benzene rings is 1. The van der Waals surface area contributed by atoms with Crippen LogP contribution < -0.4 is 0 Å². The summed E-state index contributed by atoms with van der Waals surface area (Å²) in [4.78, 5) is 14.1. The Hall–Kier alpha value is -1.09. The van der Waals surface area contributed by atoms with Gasteiger partial charge in [-0.15, -0.1) is 11.6 Å². The summed E-state index contributed by atoms with van der Waals surface area (Å²) in [5, 5.41) is 0. The van der Waals surface area contributed by atoms with Crippen molar-refractivity contribution in [3.8, 4) is 0 Å². The first kappa shape index (κ1) is 13.3. The minimum absolute atomic E-state index is 0.0898. The lowest BCUT2D eigenvalue weighted by Crippen LogP contribution is -2.45. The first-order chi connectivity index (χ1) is 8.70. The van der Waals surface area contributed by atoms with Crippen molar-refractivity contribution in [1.29, 1.82) is 0 Å². The molecule has 1 saturated heterocycles. The molecule has 0 aromatic heterocycles. The molecule has 0 N–H and O–H groups in total. The summed E-state index contributed by atoms with van der Waals surface area (Å²) in [6, 6.07) is 6.25. The molecule has 1 aliphatic rings. The van der Waals surface area contributed by atoms with E-state index in [-0.39, 0.29) is 17.8 Å². The maximum Gasteiger partial charge on any atom is 0.227 e. The van der Waals surface area contributed by atoms with Crippen LogP contribution in [0.2, 0.25) is 0 Å². The minimum Gasteiger partial charge on any atom is -0.338 e. The Bertz CT molecular complexity index is 407. The number of piperidine rings is 1. The van der Waals surface area contributed by atoms with Gasteiger partial charge in [-0.1, -0.05) is 12.1 Å². The lowest BCUT2D eigenvalue weighted by Gasteiger charge is -2.34. The van der Waals surface area contributed by atoms with Crippen LogP contribution in [0, 0.1) is 5.82 Å². The maximum atomic E-state index is 12.8. The zero-order chi connectivity index (χ0) is 13.0. The van der Waals surface area contributed by atoms with Gasteiger partial charge in [0.1, 0.15) is 5.82 Å². The largest absolute Gasteiger partial charge is 0.338 e. The fraction of sp³-hybridized carbons (Fsp3) is 0.500. The highest BCUT2D eigenvalue weighted by Gasteiger charge is 2.25. The number of amides is 1. The van der Waals surface area contributed by atoms with Crippen molar-refractivity contribution in [2.75, 3.05) is 12.4 Å². The second-order valence-corrected chi connectivity index (χ2v) is 5.00. The Balaban J connectivity index is 2.00. The highest BCUT2D eigenvalue weighted by molar-refractivity contribution is 6.18. The molecule has 0 saturated carbocycles. The molecular weight excluding hydrogens is 253 g/mol. The molecule has 1 aliphatic heterocycles. The van der Waals surface area contributed by atoms with Crippen molar-refractivity contribution >= 4 is 17.5 Å². The molecule has 1 aromatic rings. The molecule has 0 radical (unpaired) electrons. The Morgan fingerprint density at radius 1 is 1.33 bits per heavy atom. The number of nitrogens with zero attached hydrogens (tertiary/aromatic N) is 1. The van der Waals surface area contributed by atoms with Gasteiger partial charge in [0, 0.05) is 18.5 Å². The van der Waals surface area contributed by atoms with Crippen LogP contribution in [-0.2, 0) is 11.2 Å². The van der Waals surface area contributed by atoms with Crippen LogP contribution in [-0.4, -0.2) is 29.3 Å². The molecule has 2 rings (SSSR count). The highest BCUT2D eigenvalue weighted by Crippen LogP contribution is 2.19. The minimum atomic E-state index is -0.275. The number of rotatable bonds is 3.